The maximum absolute atomic E-state index is 13.9. The van der Waals surface area contributed by atoms with E-state index >= 15 is 0 Å². The Morgan fingerprint density at radius 2 is 1.61 bits per heavy atom. The molecule has 0 aliphatic carbocycles. The molecule has 33 heavy (non-hydrogen) atoms. The third kappa shape index (κ3) is 5.43. The average molecular weight is 450 g/mol. The third-order valence-corrected chi connectivity index (χ3v) is 5.86. The number of halogens is 1. The molecule has 172 valence electrons. The van der Waals surface area contributed by atoms with Crippen LogP contribution in [0.1, 0.15) is 15.9 Å². The number of carbonyl (C=O) groups is 1. The first-order chi connectivity index (χ1) is 16.1. The second kappa shape index (κ2) is 10.4. The summed E-state index contributed by atoms with van der Waals surface area (Å²) < 4.78 is 24.4. The fourth-order valence-electron chi connectivity index (χ4n) is 3.97. The molecule has 1 amide bonds. The second-order valence-corrected chi connectivity index (χ2v) is 7.93. The van der Waals surface area contributed by atoms with Gasteiger partial charge in [-0.2, -0.15) is 0 Å². The van der Waals surface area contributed by atoms with Crippen LogP contribution < -0.4 is 19.7 Å². The number of nitrogens with zero attached hydrogens (tertiary/aromatic N) is 2. The topological polar surface area (TPSA) is 54.0 Å². The van der Waals surface area contributed by atoms with Crippen LogP contribution >= 0.6 is 0 Å². The number of nitrogens with one attached hydrogen (secondary N) is 1. The lowest BCUT2D eigenvalue weighted by Crippen LogP contribution is -2.46. The van der Waals surface area contributed by atoms with E-state index in [1.807, 2.05) is 36.4 Å². The molecule has 3 aromatic carbocycles. The van der Waals surface area contributed by atoms with Crippen molar-refractivity contribution in [2.45, 2.75) is 6.54 Å². The van der Waals surface area contributed by atoms with Crippen LogP contribution in [0.5, 0.6) is 11.5 Å². The Labute approximate surface area is 193 Å². The van der Waals surface area contributed by atoms with Gasteiger partial charge < -0.3 is 19.7 Å². The second-order valence-electron chi connectivity index (χ2n) is 7.93. The van der Waals surface area contributed by atoms with Crippen LogP contribution in [0, 0.1) is 5.82 Å². The molecule has 1 N–H and O–H groups in total. The summed E-state index contributed by atoms with van der Waals surface area (Å²) in [6.45, 7) is 4.09. The van der Waals surface area contributed by atoms with Crippen LogP contribution in [0.25, 0.3) is 0 Å². The molecule has 0 unspecified atom stereocenters. The minimum Gasteiger partial charge on any atom is -0.493 e. The lowest BCUT2D eigenvalue weighted by Gasteiger charge is -2.36. The lowest BCUT2D eigenvalue weighted by atomic mass is 10.1. The van der Waals surface area contributed by atoms with Gasteiger partial charge in [-0.1, -0.05) is 18.2 Å². The number of ether oxygens (including phenoxy) is 2. The summed E-state index contributed by atoms with van der Waals surface area (Å²) in [7, 11) is 3.10. The molecular formula is C26H28FN3O3. The summed E-state index contributed by atoms with van der Waals surface area (Å²) in [5.41, 5.74) is 3.05. The Morgan fingerprint density at radius 1 is 0.909 bits per heavy atom. The van der Waals surface area contributed by atoms with Gasteiger partial charge in [-0.25, -0.2) is 4.39 Å². The van der Waals surface area contributed by atoms with Crippen LogP contribution in [-0.2, 0) is 6.54 Å². The number of benzene rings is 3. The van der Waals surface area contributed by atoms with Gasteiger partial charge in [0, 0.05) is 55.2 Å². The van der Waals surface area contributed by atoms with Gasteiger partial charge in [-0.05, 0) is 48.5 Å². The number of hydrogen-bond donors (Lipinski definition) is 1. The summed E-state index contributed by atoms with van der Waals surface area (Å²) in [5.74, 6) is 0.721. The van der Waals surface area contributed by atoms with E-state index in [4.69, 9.17) is 9.47 Å². The standard InChI is InChI=1S/C26H28FN3O3/c1-32-24-12-7-19(17-25(24)33-2)26(31)28-21-8-10-22(11-9-21)30-15-13-29(14-16-30)18-20-5-3-4-6-23(20)27/h3-12,17H,13-16,18H2,1-2H3,(H,28,31). The smallest absolute Gasteiger partial charge is 0.255 e. The summed E-state index contributed by atoms with van der Waals surface area (Å²) in [6.07, 6.45) is 0. The van der Waals surface area contributed by atoms with E-state index < -0.39 is 0 Å². The molecule has 0 saturated carbocycles. The zero-order chi connectivity index (χ0) is 23.2. The number of rotatable bonds is 7. The molecule has 0 bridgehead atoms. The maximum atomic E-state index is 13.9. The summed E-state index contributed by atoms with van der Waals surface area (Å²) >= 11 is 0. The molecule has 0 aromatic heterocycles. The molecule has 1 fully saturated rings. The van der Waals surface area contributed by atoms with Gasteiger partial charge in [-0.15, -0.1) is 0 Å². The van der Waals surface area contributed by atoms with Gasteiger partial charge in [0.25, 0.3) is 5.91 Å². The summed E-state index contributed by atoms with van der Waals surface area (Å²) in [5, 5.41) is 2.92. The number of piperazine rings is 1. The van der Waals surface area contributed by atoms with Gasteiger partial charge in [0.15, 0.2) is 11.5 Å². The van der Waals surface area contributed by atoms with Crippen molar-refractivity contribution in [2.24, 2.45) is 0 Å². The normalized spacial score (nSPS) is 14.1. The van der Waals surface area contributed by atoms with E-state index in [1.54, 1.807) is 31.4 Å². The molecule has 1 heterocycles. The van der Waals surface area contributed by atoms with Crippen LogP contribution in [-0.4, -0.2) is 51.2 Å². The van der Waals surface area contributed by atoms with Crippen molar-refractivity contribution in [3.8, 4) is 11.5 Å². The van der Waals surface area contributed by atoms with E-state index in [9.17, 15) is 9.18 Å². The van der Waals surface area contributed by atoms with E-state index in [0.29, 0.717) is 23.6 Å². The van der Waals surface area contributed by atoms with Gasteiger partial charge in [0.1, 0.15) is 5.82 Å². The van der Waals surface area contributed by atoms with Crippen molar-refractivity contribution in [2.75, 3.05) is 50.6 Å². The number of carbonyl (C=O) groups excluding carboxylic acids is 1. The minimum atomic E-state index is -0.217. The molecule has 0 radical (unpaired) electrons. The molecule has 6 nitrogen and oxygen atoms in total. The minimum absolute atomic E-state index is 0.148. The first kappa shape index (κ1) is 22.6. The Morgan fingerprint density at radius 3 is 2.27 bits per heavy atom. The fraction of sp³-hybridized carbons (Fsp3) is 0.269. The highest BCUT2D eigenvalue weighted by atomic mass is 19.1. The Balaban J connectivity index is 1.32. The monoisotopic (exact) mass is 449 g/mol. The highest BCUT2D eigenvalue weighted by molar-refractivity contribution is 6.04. The predicted octanol–water partition coefficient (Wildman–Crippen LogP) is 4.42. The van der Waals surface area contributed by atoms with Crippen LogP contribution in [0.2, 0.25) is 0 Å². The number of methoxy groups -OCH3 is 2. The Hall–Kier alpha value is -3.58. The van der Waals surface area contributed by atoms with E-state index in [0.717, 1.165) is 43.1 Å². The molecule has 0 atom stereocenters. The van der Waals surface area contributed by atoms with Crippen molar-refractivity contribution < 1.29 is 18.7 Å². The molecule has 3 aromatic rings. The quantitative estimate of drug-likeness (QED) is 0.579. The predicted molar refractivity (Wildman–Crippen MR) is 128 cm³/mol. The highest BCUT2D eigenvalue weighted by Crippen LogP contribution is 2.28. The first-order valence-corrected chi connectivity index (χ1v) is 10.9. The lowest BCUT2D eigenvalue weighted by molar-refractivity contribution is 0.102. The summed E-state index contributed by atoms with van der Waals surface area (Å²) in [6, 6.07) is 19.8. The zero-order valence-electron chi connectivity index (χ0n) is 18.9. The van der Waals surface area contributed by atoms with Crippen LogP contribution in [0.3, 0.4) is 0 Å². The summed E-state index contributed by atoms with van der Waals surface area (Å²) in [4.78, 5) is 17.2. The largest absolute Gasteiger partial charge is 0.493 e. The maximum Gasteiger partial charge on any atom is 0.255 e. The van der Waals surface area contributed by atoms with Crippen molar-refractivity contribution >= 4 is 17.3 Å². The average Bonchev–Trinajstić information content (AvgIpc) is 2.86. The van der Waals surface area contributed by atoms with Crippen LogP contribution in [0.4, 0.5) is 15.8 Å². The van der Waals surface area contributed by atoms with Crippen molar-refractivity contribution in [3.05, 3.63) is 83.7 Å². The van der Waals surface area contributed by atoms with Crippen LogP contribution in [0.15, 0.2) is 66.7 Å². The Bertz CT molecular complexity index is 1100. The highest BCUT2D eigenvalue weighted by Gasteiger charge is 2.18. The van der Waals surface area contributed by atoms with Crippen molar-refractivity contribution in [3.63, 3.8) is 0 Å². The van der Waals surface area contributed by atoms with E-state index in [-0.39, 0.29) is 11.7 Å². The molecule has 0 spiro atoms. The van der Waals surface area contributed by atoms with Gasteiger partial charge in [0.2, 0.25) is 0 Å². The third-order valence-electron chi connectivity index (χ3n) is 5.86. The van der Waals surface area contributed by atoms with Crippen molar-refractivity contribution in [1.29, 1.82) is 0 Å². The molecule has 1 saturated heterocycles. The number of anilines is 2. The molecule has 7 heteroatoms. The number of hydrogen-bond acceptors (Lipinski definition) is 5. The molecule has 4 rings (SSSR count). The molecular weight excluding hydrogens is 421 g/mol. The van der Waals surface area contributed by atoms with Gasteiger partial charge in [0.05, 0.1) is 14.2 Å². The SMILES string of the molecule is COc1ccc(C(=O)Nc2ccc(N3CCN(Cc4ccccc4F)CC3)cc2)cc1OC. The Kier molecular flexibility index (Phi) is 7.10. The molecule has 1 aliphatic heterocycles. The van der Waals surface area contributed by atoms with Gasteiger partial charge >= 0.3 is 0 Å². The fourth-order valence-corrected chi connectivity index (χ4v) is 3.97. The van der Waals surface area contributed by atoms with Crippen molar-refractivity contribution in [1.82, 2.24) is 4.90 Å². The number of amides is 1. The van der Waals surface area contributed by atoms with E-state index in [2.05, 4.69) is 15.1 Å². The zero-order valence-corrected chi connectivity index (χ0v) is 18.9. The molecule has 1 aliphatic rings. The first-order valence-electron chi connectivity index (χ1n) is 10.9. The van der Waals surface area contributed by atoms with E-state index in [1.165, 1.54) is 13.2 Å². The van der Waals surface area contributed by atoms with Gasteiger partial charge in [-0.3, -0.25) is 9.69 Å².